The summed E-state index contributed by atoms with van der Waals surface area (Å²) in [5, 5.41) is 0. The first-order valence-corrected chi connectivity index (χ1v) is 7.18. The van der Waals surface area contributed by atoms with E-state index in [9.17, 15) is 27.6 Å². The first kappa shape index (κ1) is 22.2. The number of carbonyl (C=O) groups excluding carboxylic acids is 3. The standard InChI is InChI=1S/C15H23F3O6/c1-13(2,3)8-14(4,5)12(21)23-7-10(19)22-6-11(20)24-9-15(16,17)18/h6-9H2,1-5H3. The minimum atomic E-state index is -4.66. The summed E-state index contributed by atoms with van der Waals surface area (Å²) >= 11 is 0. The molecule has 0 aromatic heterocycles. The van der Waals surface area contributed by atoms with Gasteiger partial charge in [0.25, 0.3) is 0 Å². The van der Waals surface area contributed by atoms with Gasteiger partial charge in [0.2, 0.25) is 0 Å². The fourth-order valence-electron chi connectivity index (χ4n) is 2.10. The lowest BCUT2D eigenvalue weighted by Crippen LogP contribution is -2.33. The van der Waals surface area contributed by atoms with Crippen LogP contribution in [0.15, 0.2) is 0 Å². The second kappa shape index (κ2) is 8.34. The zero-order valence-electron chi connectivity index (χ0n) is 14.4. The summed E-state index contributed by atoms with van der Waals surface area (Å²) < 4.78 is 48.5. The molecule has 0 heterocycles. The van der Waals surface area contributed by atoms with Crippen molar-refractivity contribution in [2.45, 2.75) is 47.2 Å². The Hall–Kier alpha value is -1.80. The quantitative estimate of drug-likeness (QED) is 0.515. The second-order valence-electron chi connectivity index (χ2n) is 7.13. The van der Waals surface area contributed by atoms with Crippen LogP contribution in [-0.2, 0) is 28.6 Å². The van der Waals surface area contributed by atoms with Gasteiger partial charge in [-0.25, -0.2) is 9.59 Å². The zero-order chi connectivity index (χ0) is 19.2. The molecular weight excluding hydrogens is 333 g/mol. The third-order valence-electron chi connectivity index (χ3n) is 2.59. The van der Waals surface area contributed by atoms with Crippen molar-refractivity contribution in [3.63, 3.8) is 0 Å². The monoisotopic (exact) mass is 356 g/mol. The number of esters is 3. The number of hydrogen-bond donors (Lipinski definition) is 0. The van der Waals surface area contributed by atoms with Crippen LogP contribution in [0.25, 0.3) is 0 Å². The van der Waals surface area contributed by atoms with E-state index < -0.39 is 49.3 Å². The minimum absolute atomic E-state index is 0.134. The van der Waals surface area contributed by atoms with Crippen molar-refractivity contribution in [1.82, 2.24) is 0 Å². The van der Waals surface area contributed by atoms with Gasteiger partial charge in [-0.15, -0.1) is 0 Å². The SMILES string of the molecule is CC(C)(C)CC(C)(C)C(=O)OCC(=O)OCC(=O)OCC(F)(F)F. The molecule has 0 unspecified atom stereocenters. The lowest BCUT2D eigenvalue weighted by Gasteiger charge is -2.30. The molecule has 6 nitrogen and oxygen atoms in total. The van der Waals surface area contributed by atoms with Gasteiger partial charge in [0.15, 0.2) is 19.8 Å². The lowest BCUT2D eigenvalue weighted by molar-refractivity contribution is -0.190. The van der Waals surface area contributed by atoms with E-state index in [1.54, 1.807) is 13.8 Å². The average molecular weight is 356 g/mol. The first-order valence-electron chi connectivity index (χ1n) is 7.18. The van der Waals surface area contributed by atoms with E-state index in [0.717, 1.165) is 0 Å². The van der Waals surface area contributed by atoms with E-state index in [0.29, 0.717) is 6.42 Å². The topological polar surface area (TPSA) is 78.9 Å². The Morgan fingerprint density at radius 3 is 1.71 bits per heavy atom. The number of hydrogen-bond acceptors (Lipinski definition) is 6. The molecule has 0 aromatic carbocycles. The highest BCUT2D eigenvalue weighted by Gasteiger charge is 2.34. The molecule has 0 aromatic rings. The highest BCUT2D eigenvalue weighted by Crippen LogP contribution is 2.34. The summed E-state index contributed by atoms with van der Waals surface area (Å²) in [7, 11) is 0. The predicted molar refractivity (Wildman–Crippen MR) is 76.8 cm³/mol. The van der Waals surface area contributed by atoms with E-state index in [-0.39, 0.29) is 5.41 Å². The number of carbonyl (C=O) groups is 3. The van der Waals surface area contributed by atoms with Crippen molar-refractivity contribution >= 4 is 17.9 Å². The highest BCUT2D eigenvalue weighted by molar-refractivity contribution is 5.81. The maximum absolute atomic E-state index is 12.0. The fourth-order valence-corrected chi connectivity index (χ4v) is 2.10. The summed E-state index contributed by atoms with van der Waals surface area (Å²) in [5.41, 5.74) is -0.963. The molecule has 0 spiro atoms. The van der Waals surface area contributed by atoms with Gasteiger partial charge in [0.1, 0.15) is 0 Å². The van der Waals surface area contributed by atoms with Crippen molar-refractivity contribution in [2.75, 3.05) is 19.8 Å². The predicted octanol–water partition coefficient (Wildman–Crippen LogP) is 2.64. The summed E-state index contributed by atoms with van der Waals surface area (Å²) in [5.74, 6) is -3.02. The molecule has 140 valence electrons. The second-order valence-corrected chi connectivity index (χ2v) is 7.13. The lowest BCUT2D eigenvalue weighted by atomic mass is 9.76. The van der Waals surface area contributed by atoms with Gasteiger partial charge in [0.05, 0.1) is 5.41 Å². The third kappa shape index (κ3) is 10.8. The number of rotatable bonds is 7. The van der Waals surface area contributed by atoms with E-state index >= 15 is 0 Å². The molecule has 0 radical (unpaired) electrons. The smallest absolute Gasteiger partial charge is 0.422 e. The van der Waals surface area contributed by atoms with Crippen LogP contribution in [0.3, 0.4) is 0 Å². The maximum Gasteiger partial charge on any atom is 0.422 e. The van der Waals surface area contributed by atoms with Gasteiger partial charge < -0.3 is 14.2 Å². The molecule has 24 heavy (non-hydrogen) atoms. The van der Waals surface area contributed by atoms with Crippen LogP contribution in [0.4, 0.5) is 13.2 Å². The van der Waals surface area contributed by atoms with Crippen LogP contribution in [-0.4, -0.2) is 43.9 Å². The molecule has 0 aliphatic heterocycles. The van der Waals surface area contributed by atoms with Gasteiger partial charge in [0, 0.05) is 0 Å². The molecule has 0 aliphatic rings. The summed E-state index contributed by atoms with van der Waals surface area (Å²) in [6.45, 7) is 5.69. The van der Waals surface area contributed by atoms with Gasteiger partial charge in [-0.2, -0.15) is 13.2 Å². The number of halogens is 3. The number of ether oxygens (including phenoxy) is 3. The van der Waals surface area contributed by atoms with Crippen molar-refractivity contribution in [3.05, 3.63) is 0 Å². The molecule has 0 bridgehead atoms. The molecule has 0 saturated carbocycles. The van der Waals surface area contributed by atoms with Gasteiger partial charge >= 0.3 is 24.1 Å². The Bertz CT molecular complexity index is 463. The Morgan fingerprint density at radius 1 is 0.792 bits per heavy atom. The largest absolute Gasteiger partial charge is 0.454 e. The molecule has 0 fully saturated rings. The van der Waals surface area contributed by atoms with Crippen LogP contribution in [0, 0.1) is 10.8 Å². The maximum atomic E-state index is 12.0. The summed E-state index contributed by atoms with van der Waals surface area (Å²) in [6.07, 6.45) is -4.15. The molecule has 0 amide bonds. The Morgan fingerprint density at radius 2 is 1.25 bits per heavy atom. The molecule has 0 saturated heterocycles. The molecule has 0 N–H and O–H groups in total. The fraction of sp³-hybridized carbons (Fsp3) is 0.800. The normalized spacial score (nSPS) is 12.5. The van der Waals surface area contributed by atoms with Crippen molar-refractivity contribution in [2.24, 2.45) is 10.8 Å². The van der Waals surface area contributed by atoms with Gasteiger partial charge in [-0.1, -0.05) is 20.8 Å². The van der Waals surface area contributed by atoms with Crippen molar-refractivity contribution in [1.29, 1.82) is 0 Å². The molecular formula is C15H23F3O6. The van der Waals surface area contributed by atoms with Crippen LogP contribution in [0.5, 0.6) is 0 Å². The highest BCUT2D eigenvalue weighted by atomic mass is 19.4. The van der Waals surface area contributed by atoms with Crippen molar-refractivity contribution in [3.8, 4) is 0 Å². The molecule has 0 aliphatic carbocycles. The van der Waals surface area contributed by atoms with Crippen LogP contribution in [0.1, 0.15) is 41.0 Å². The van der Waals surface area contributed by atoms with Crippen LogP contribution in [0.2, 0.25) is 0 Å². The van der Waals surface area contributed by atoms with Crippen LogP contribution >= 0.6 is 0 Å². The molecule has 0 atom stereocenters. The van der Waals surface area contributed by atoms with Gasteiger partial charge in [-0.3, -0.25) is 4.79 Å². The Kier molecular flexibility index (Phi) is 7.72. The third-order valence-corrected chi connectivity index (χ3v) is 2.59. The Labute approximate surface area is 138 Å². The summed E-state index contributed by atoms with van der Waals surface area (Å²) in [6, 6.07) is 0. The minimum Gasteiger partial charge on any atom is -0.454 e. The first-order chi connectivity index (χ1) is 10.6. The van der Waals surface area contributed by atoms with E-state index in [2.05, 4.69) is 9.47 Å². The van der Waals surface area contributed by atoms with Crippen LogP contribution < -0.4 is 0 Å². The van der Waals surface area contributed by atoms with E-state index in [1.165, 1.54) is 0 Å². The Balaban J connectivity index is 4.18. The molecule has 0 rings (SSSR count). The van der Waals surface area contributed by atoms with Crippen molar-refractivity contribution < 1.29 is 41.8 Å². The van der Waals surface area contributed by atoms with E-state index in [1.807, 2.05) is 20.8 Å². The zero-order valence-corrected chi connectivity index (χ0v) is 14.4. The average Bonchev–Trinajstić information content (AvgIpc) is 2.36. The summed E-state index contributed by atoms with van der Waals surface area (Å²) in [4.78, 5) is 34.2. The molecule has 9 heteroatoms. The van der Waals surface area contributed by atoms with Gasteiger partial charge in [-0.05, 0) is 25.7 Å². The number of alkyl halides is 3. The van der Waals surface area contributed by atoms with E-state index in [4.69, 9.17) is 4.74 Å².